The average Bonchev–Trinajstić information content (AvgIpc) is 3.37. The van der Waals surface area contributed by atoms with Crippen LogP contribution >= 0.6 is 0 Å². The SMILES string of the molecule is O=C1C(Nc2ccc3c(c2)OCO3)=C(c2ccc([N+](=O)[O-])cc2)C(=O)N1c1ccccc1F. The van der Waals surface area contributed by atoms with Gasteiger partial charge in [0.2, 0.25) is 6.79 Å². The first kappa shape index (κ1) is 20.2. The highest BCUT2D eigenvalue weighted by molar-refractivity contribution is 6.46. The third kappa shape index (κ3) is 3.43. The molecular weight excluding hydrogens is 433 g/mol. The molecule has 0 fully saturated rings. The molecule has 9 nitrogen and oxygen atoms in total. The summed E-state index contributed by atoms with van der Waals surface area (Å²) >= 11 is 0. The van der Waals surface area contributed by atoms with Crippen molar-refractivity contribution in [1.29, 1.82) is 0 Å². The van der Waals surface area contributed by atoms with Crippen LogP contribution in [0.2, 0.25) is 0 Å². The first-order valence-corrected chi connectivity index (χ1v) is 9.73. The van der Waals surface area contributed by atoms with E-state index >= 15 is 0 Å². The topological polar surface area (TPSA) is 111 Å². The molecule has 0 saturated carbocycles. The van der Waals surface area contributed by atoms with Gasteiger partial charge in [0.05, 0.1) is 16.2 Å². The number of anilines is 2. The Bertz CT molecular complexity index is 1350. The number of nitro groups is 1. The predicted octanol–water partition coefficient (Wildman–Crippen LogP) is 3.86. The zero-order chi connectivity index (χ0) is 23.1. The molecule has 1 N–H and O–H groups in total. The molecule has 33 heavy (non-hydrogen) atoms. The van der Waals surface area contributed by atoms with Crippen molar-refractivity contribution < 1.29 is 28.4 Å². The van der Waals surface area contributed by atoms with Crippen molar-refractivity contribution in [2.24, 2.45) is 0 Å². The van der Waals surface area contributed by atoms with Crippen molar-refractivity contribution in [3.63, 3.8) is 0 Å². The number of nitro benzene ring substituents is 1. The Hall–Kier alpha value is -4.73. The molecule has 5 rings (SSSR count). The van der Waals surface area contributed by atoms with Gasteiger partial charge >= 0.3 is 0 Å². The second-order valence-electron chi connectivity index (χ2n) is 7.14. The quantitative estimate of drug-likeness (QED) is 0.359. The van der Waals surface area contributed by atoms with Gasteiger partial charge < -0.3 is 14.8 Å². The van der Waals surface area contributed by atoms with Gasteiger partial charge in [-0.25, -0.2) is 9.29 Å². The Morgan fingerprint density at radius 3 is 2.39 bits per heavy atom. The summed E-state index contributed by atoms with van der Waals surface area (Å²) in [5.74, 6) is -1.28. The number of non-ortho nitro benzene ring substituents is 1. The molecule has 3 aromatic rings. The second-order valence-corrected chi connectivity index (χ2v) is 7.14. The van der Waals surface area contributed by atoms with Crippen LogP contribution in [0.1, 0.15) is 5.56 Å². The first-order valence-electron chi connectivity index (χ1n) is 9.73. The van der Waals surface area contributed by atoms with Crippen molar-refractivity contribution in [1.82, 2.24) is 0 Å². The first-order chi connectivity index (χ1) is 15.9. The van der Waals surface area contributed by atoms with Crippen molar-refractivity contribution in [2.45, 2.75) is 0 Å². The Morgan fingerprint density at radius 1 is 0.939 bits per heavy atom. The minimum atomic E-state index is -0.767. The lowest BCUT2D eigenvalue weighted by atomic mass is 10.0. The van der Waals surface area contributed by atoms with E-state index in [0.717, 1.165) is 11.0 Å². The Kier molecular flexibility index (Phi) is 4.74. The number of carbonyl (C=O) groups excluding carboxylic acids is 2. The van der Waals surface area contributed by atoms with Gasteiger partial charge in [0.25, 0.3) is 17.5 Å². The van der Waals surface area contributed by atoms with Crippen LogP contribution in [-0.4, -0.2) is 23.5 Å². The summed E-state index contributed by atoms with van der Waals surface area (Å²) in [6.45, 7) is 0.0635. The molecule has 2 amide bonds. The predicted molar refractivity (Wildman–Crippen MR) is 115 cm³/mol. The van der Waals surface area contributed by atoms with E-state index in [4.69, 9.17) is 9.47 Å². The van der Waals surface area contributed by atoms with E-state index in [1.807, 2.05) is 0 Å². The standard InChI is InChI=1S/C23H14FN3O6/c24-16-3-1-2-4-17(16)26-22(28)20(13-5-8-15(9-6-13)27(30)31)21(23(26)29)25-14-7-10-18-19(11-14)33-12-32-18/h1-11,25H,12H2. The Labute approximate surface area is 185 Å². The van der Waals surface area contributed by atoms with E-state index in [-0.39, 0.29) is 35.0 Å². The van der Waals surface area contributed by atoms with E-state index in [1.165, 1.54) is 42.5 Å². The van der Waals surface area contributed by atoms with Crippen LogP contribution < -0.4 is 19.7 Å². The van der Waals surface area contributed by atoms with Gasteiger partial charge in [-0.15, -0.1) is 0 Å². The number of carbonyl (C=O) groups is 2. The van der Waals surface area contributed by atoms with E-state index < -0.39 is 22.6 Å². The number of hydrogen-bond acceptors (Lipinski definition) is 7. The third-order valence-corrected chi connectivity index (χ3v) is 5.19. The van der Waals surface area contributed by atoms with Gasteiger partial charge in [0.1, 0.15) is 11.5 Å². The molecular formula is C23H14FN3O6. The largest absolute Gasteiger partial charge is 0.454 e. The maximum atomic E-state index is 14.5. The van der Waals surface area contributed by atoms with Crippen molar-refractivity contribution in [2.75, 3.05) is 17.0 Å². The van der Waals surface area contributed by atoms with Crippen molar-refractivity contribution >= 4 is 34.4 Å². The van der Waals surface area contributed by atoms with Gasteiger partial charge in [-0.3, -0.25) is 19.7 Å². The normalized spacial score (nSPS) is 14.8. The summed E-state index contributed by atoms with van der Waals surface area (Å²) in [4.78, 5) is 37.8. The maximum absolute atomic E-state index is 14.5. The minimum Gasteiger partial charge on any atom is -0.454 e. The van der Waals surface area contributed by atoms with Gasteiger partial charge in [0, 0.05) is 23.9 Å². The zero-order valence-electron chi connectivity index (χ0n) is 16.8. The van der Waals surface area contributed by atoms with Crippen LogP contribution in [0.25, 0.3) is 5.57 Å². The van der Waals surface area contributed by atoms with Gasteiger partial charge in [0.15, 0.2) is 11.5 Å². The number of halogens is 1. The fourth-order valence-corrected chi connectivity index (χ4v) is 3.63. The molecule has 0 bridgehead atoms. The molecule has 3 aromatic carbocycles. The van der Waals surface area contributed by atoms with E-state index in [2.05, 4.69) is 5.32 Å². The lowest BCUT2D eigenvalue weighted by molar-refractivity contribution is -0.384. The third-order valence-electron chi connectivity index (χ3n) is 5.19. The molecule has 2 aliphatic rings. The summed E-state index contributed by atoms with van der Waals surface area (Å²) in [6, 6.07) is 15.5. The number of para-hydroxylation sites is 1. The van der Waals surface area contributed by atoms with Crippen LogP contribution in [-0.2, 0) is 9.59 Å². The number of fused-ring (bicyclic) bond motifs is 1. The second kappa shape index (κ2) is 7.75. The average molecular weight is 447 g/mol. The van der Waals surface area contributed by atoms with Crippen LogP contribution in [0.5, 0.6) is 11.5 Å². The molecule has 0 unspecified atom stereocenters. The molecule has 0 radical (unpaired) electrons. The van der Waals surface area contributed by atoms with Crippen LogP contribution in [0.4, 0.5) is 21.5 Å². The van der Waals surface area contributed by atoms with Crippen LogP contribution in [0.3, 0.4) is 0 Å². The number of nitrogens with zero attached hydrogens (tertiary/aromatic N) is 2. The van der Waals surface area contributed by atoms with E-state index in [0.29, 0.717) is 17.2 Å². The molecule has 164 valence electrons. The molecule has 0 spiro atoms. The molecule has 0 atom stereocenters. The van der Waals surface area contributed by atoms with Gasteiger partial charge in [-0.2, -0.15) is 0 Å². The smallest absolute Gasteiger partial charge is 0.282 e. The maximum Gasteiger partial charge on any atom is 0.282 e. The summed E-state index contributed by atoms with van der Waals surface area (Å²) in [5, 5.41) is 13.9. The lowest BCUT2D eigenvalue weighted by Crippen LogP contribution is -2.33. The molecule has 0 saturated heterocycles. The highest BCUT2D eigenvalue weighted by atomic mass is 19.1. The zero-order valence-corrected chi connectivity index (χ0v) is 16.8. The number of amides is 2. The van der Waals surface area contributed by atoms with E-state index in [1.54, 1.807) is 18.2 Å². The number of nitrogens with one attached hydrogen (secondary N) is 1. The summed E-state index contributed by atoms with van der Waals surface area (Å²) in [7, 11) is 0. The fraction of sp³-hybridized carbons (Fsp3) is 0.0435. The highest BCUT2D eigenvalue weighted by Gasteiger charge is 2.41. The fourth-order valence-electron chi connectivity index (χ4n) is 3.63. The summed E-state index contributed by atoms with van der Waals surface area (Å²) in [5.41, 5.74) is 0.180. The monoisotopic (exact) mass is 447 g/mol. The van der Waals surface area contributed by atoms with E-state index in [9.17, 15) is 24.1 Å². The van der Waals surface area contributed by atoms with Gasteiger partial charge in [-0.05, 0) is 42.0 Å². The minimum absolute atomic E-state index is 0.0455. The molecule has 2 heterocycles. The van der Waals surface area contributed by atoms with Gasteiger partial charge in [-0.1, -0.05) is 12.1 Å². The van der Waals surface area contributed by atoms with Crippen molar-refractivity contribution in [3.05, 3.63) is 93.9 Å². The molecule has 10 heteroatoms. The number of hydrogen-bond donors (Lipinski definition) is 1. The Balaban J connectivity index is 1.61. The number of benzene rings is 3. The number of ether oxygens (including phenoxy) is 2. The number of imide groups is 1. The summed E-state index contributed by atoms with van der Waals surface area (Å²) in [6.07, 6.45) is 0. The van der Waals surface area contributed by atoms with Crippen LogP contribution in [0.15, 0.2) is 72.4 Å². The molecule has 2 aliphatic heterocycles. The molecule has 0 aromatic heterocycles. The van der Waals surface area contributed by atoms with Crippen LogP contribution in [0, 0.1) is 15.9 Å². The lowest BCUT2D eigenvalue weighted by Gasteiger charge is -2.16. The number of rotatable bonds is 5. The summed E-state index contributed by atoms with van der Waals surface area (Å²) < 4.78 is 25.1. The Morgan fingerprint density at radius 2 is 1.67 bits per heavy atom. The highest BCUT2D eigenvalue weighted by Crippen LogP contribution is 2.38. The van der Waals surface area contributed by atoms with Crippen molar-refractivity contribution in [3.8, 4) is 11.5 Å². The molecule has 0 aliphatic carbocycles.